The zero-order valence-corrected chi connectivity index (χ0v) is 25.1. The van der Waals surface area contributed by atoms with Gasteiger partial charge in [-0.05, 0) is 119 Å². The van der Waals surface area contributed by atoms with Gasteiger partial charge in [0, 0.05) is 37.4 Å². The van der Waals surface area contributed by atoms with Crippen LogP contribution in [-0.4, -0.2) is 41.3 Å². The number of aryl methyl sites for hydroxylation is 1. The Balaban J connectivity index is 1.06. The number of anilines is 3. The standard InChI is InChI=1S/C32H48N6S/c1-4-7-22-10-12-23(13-11-22)24-14-16-26(17-15-24)34-32(39)35-27-20-18-25(19-21-27)33-31-36-29-9-6-5-8-28(29)30(37-31)38(2)3/h14-17,22-23,25,27H,4-13,18-21H2,1-3H3,(H,33,36,37)(H2,34,35,39). The Morgan fingerprint density at radius 1 is 0.897 bits per heavy atom. The third kappa shape index (κ3) is 7.41. The fraction of sp³-hybridized carbons (Fsp3) is 0.656. The second-order valence-corrected chi connectivity index (χ2v) is 12.7. The van der Waals surface area contributed by atoms with Gasteiger partial charge in [-0.3, -0.25) is 0 Å². The molecule has 0 atom stereocenters. The maximum atomic E-state index is 5.68. The largest absolute Gasteiger partial charge is 0.362 e. The van der Waals surface area contributed by atoms with Gasteiger partial charge < -0.3 is 20.9 Å². The van der Waals surface area contributed by atoms with E-state index in [1.807, 2.05) is 0 Å². The number of aromatic nitrogens is 2. The number of thiocarbonyl (C=S) groups is 1. The first-order chi connectivity index (χ1) is 19.0. The lowest BCUT2D eigenvalue weighted by Gasteiger charge is -2.31. The molecule has 0 spiro atoms. The molecule has 0 saturated heterocycles. The van der Waals surface area contributed by atoms with E-state index in [0.717, 1.165) is 72.9 Å². The van der Waals surface area contributed by atoms with Crippen molar-refractivity contribution in [2.75, 3.05) is 29.6 Å². The molecule has 39 heavy (non-hydrogen) atoms. The summed E-state index contributed by atoms with van der Waals surface area (Å²) < 4.78 is 0. The predicted octanol–water partition coefficient (Wildman–Crippen LogP) is 7.21. The molecule has 3 N–H and O–H groups in total. The van der Waals surface area contributed by atoms with Crippen molar-refractivity contribution in [1.82, 2.24) is 15.3 Å². The van der Waals surface area contributed by atoms with Crippen molar-refractivity contribution in [3.8, 4) is 0 Å². The molecule has 1 aromatic carbocycles. The van der Waals surface area contributed by atoms with Crippen LogP contribution >= 0.6 is 12.2 Å². The lowest BCUT2D eigenvalue weighted by molar-refractivity contribution is 0.308. The van der Waals surface area contributed by atoms with E-state index >= 15 is 0 Å². The van der Waals surface area contributed by atoms with E-state index in [0.29, 0.717) is 12.1 Å². The van der Waals surface area contributed by atoms with Gasteiger partial charge in [0.15, 0.2) is 5.11 Å². The minimum atomic E-state index is 0.405. The summed E-state index contributed by atoms with van der Waals surface area (Å²) in [5, 5.41) is 11.4. The molecule has 0 radical (unpaired) electrons. The lowest BCUT2D eigenvalue weighted by Crippen LogP contribution is -2.42. The van der Waals surface area contributed by atoms with Crippen LogP contribution in [0.5, 0.6) is 0 Å². The Kier molecular flexibility index (Phi) is 9.59. The van der Waals surface area contributed by atoms with Gasteiger partial charge in [0.1, 0.15) is 5.82 Å². The van der Waals surface area contributed by atoms with Gasteiger partial charge in [-0.1, -0.05) is 31.9 Å². The molecule has 5 rings (SSSR count). The van der Waals surface area contributed by atoms with Crippen LogP contribution in [0.1, 0.15) is 107 Å². The lowest BCUT2D eigenvalue weighted by atomic mass is 9.77. The zero-order valence-electron chi connectivity index (χ0n) is 24.3. The van der Waals surface area contributed by atoms with Gasteiger partial charge in [0.25, 0.3) is 0 Å². The fourth-order valence-corrected chi connectivity index (χ4v) is 7.24. The molecule has 0 bridgehead atoms. The van der Waals surface area contributed by atoms with E-state index < -0.39 is 0 Å². The third-order valence-electron chi connectivity index (χ3n) is 9.16. The summed E-state index contributed by atoms with van der Waals surface area (Å²) in [5.41, 5.74) is 5.14. The summed E-state index contributed by atoms with van der Waals surface area (Å²) in [5.74, 6) is 3.56. The SMILES string of the molecule is CCCC1CCC(c2ccc(NC(=S)NC3CCC(Nc4nc5c(c(N(C)C)n4)CCCC5)CC3)cc2)CC1. The molecule has 2 fully saturated rings. The Bertz CT molecular complexity index is 1080. The van der Waals surface area contributed by atoms with Gasteiger partial charge in [-0.2, -0.15) is 4.98 Å². The minimum Gasteiger partial charge on any atom is -0.362 e. The summed E-state index contributed by atoms with van der Waals surface area (Å²) in [7, 11) is 4.17. The highest BCUT2D eigenvalue weighted by atomic mass is 32.1. The number of nitrogens with one attached hydrogen (secondary N) is 3. The average Bonchev–Trinajstić information content (AvgIpc) is 2.95. The molecule has 1 aromatic heterocycles. The van der Waals surface area contributed by atoms with Crippen molar-refractivity contribution in [1.29, 1.82) is 0 Å². The summed E-state index contributed by atoms with van der Waals surface area (Å²) in [4.78, 5) is 12.0. The molecule has 0 unspecified atom stereocenters. The fourth-order valence-electron chi connectivity index (χ4n) is 6.96. The molecular weight excluding hydrogens is 500 g/mol. The first kappa shape index (κ1) is 28.1. The quantitative estimate of drug-likeness (QED) is 0.301. The second kappa shape index (κ2) is 13.3. The first-order valence-electron chi connectivity index (χ1n) is 15.5. The number of fused-ring (bicyclic) bond motifs is 1. The monoisotopic (exact) mass is 548 g/mol. The first-order valence-corrected chi connectivity index (χ1v) is 15.9. The van der Waals surface area contributed by atoms with Crippen LogP contribution in [0.4, 0.5) is 17.5 Å². The average molecular weight is 549 g/mol. The van der Waals surface area contributed by atoms with E-state index in [-0.39, 0.29) is 0 Å². The molecule has 7 heteroatoms. The van der Waals surface area contributed by atoms with Crippen LogP contribution in [0.3, 0.4) is 0 Å². The van der Waals surface area contributed by atoms with Gasteiger partial charge in [-0.25, -0.2) is 4.98 Å². The molecule has 2 saturated carbocycles. The van der Waals surface area contributed by atoms with E-state index in [1.54, 1.807) is 0 Å². The molecule has 2 aromatic rings. The zero-order chi connectivity index (χ0) is 27.2. The number of hydrogen-bond donors (Lipinski definition) is 3. The number of nitrogens with zero attached hydrogens (tertiary/aromatic N) is 3. The van der Waals surface area contributed by atoms with Crippen molar-refractivity contribution >= 4 is 34.8 Å². The van der Waals surface area contributed by atoms with Crippen LogP contribution in [0.2, 0.25) is 0 Å². The molecule has 3 aliphatic rings. The van der Waals surface area contributed by atoms with Gasteiger partial charge in [-0.15, -0.1) is 0 Å². The normalized spacial score (nSPS) is 24.9. The van der Waals surface area contributed by atoms with Crippen molar-refractivity contribution in [3.63, 3.8) is 0 Å². The summed E-state index contributed by atoms with van der Waals surface area (Å²) in [6.07, 6.45) is 17.2. The molecule has 0 aliphatic heterocycles. The maximum absolute atomic E-state index is 5.68. The van der Waals surface area contributed by atoms with Crippen molar-refractivity contribution in [3.05, 3.63) is 41.1 Å². The van der Waals surface area contributed by atoms with Crippen molar-refractivity contribution < 1.29 is 0 Å². The van der Waals surface area contributed by atoms with Crippen LogP contribution in [0.25, 0.3) is 0 Å². The Labute approximate surface area is 241 Å². The Morgan fingerprint density at radius 2 is 1.59 bits per heavy atom. The van der Waals surface area contributed by atoms with E-state index in [9.17, 15) is 0 Å². The second-order valence-electron chi connectivity index (χ2n) is 12.3. The molecule has 0 amide bonds. The van der Waals surface area contributed by atoms with Gasteiger partial charge in [0.05, 0.1) is 5.69 Å². The smallest absolute Gasteiger partial charge is 0.225 e. The van der Waals surface area contributed by atoms with E-state index in [4.69, 9.17) is 22.2 Å². The highest BCUT2D eigenvalue weighted by Crippen LogP contribution is 2.37. The number of benzene rings is 1. The molecule has 3 aliphatic carbocycles. The van der Waals surface area contributed by atoms with Crippen LogP contribution < -0.4 is 20.9 Å². The van der Waals surface area contributed by atoms with E-state index in [1.165, 1.54) is 68.2 Å². The number of rotatable bonds is 8. The summed E-state index contributed by atoms with van der Waals surface area (Å²) >= 11 is 5.68. The number of hydrogen-bond acceptors (Lipinski definition) is 5. The molecule has 1 heterocycles. The molecule has 212 valence electrons. The van der Waals surface area contributed by atoms with Gasteiger partial charge in [0.2, 0.25) is 5.95 Å². The van der Waals surface area contributed by atoms with Crippen LogP contribution in [0.15, 0.2) is 24.3 Å². The van der Waals surface area contributed by atoms with Gasteiger partial charge >= 0.3 is 0 Å². The Hall–Kier alpha value is -2.41. The van der Waals surface area contributed by atoms with E-state index in [2.05, 4.69) is 66.1 Å². The topological polar surface area (TPSA) is 65.1 Å². The summed E-state index contributed by atoms with van der Waals surface area (Å²) in [6.45, 7) is 2.31. The van der Waals surface area contributed by atoms with Crippen LogP contribution in [0, 0.1) is 5.92 Å². The predicted molar refractivity (Wildman–Crippen MR) is 168 cm³/mol. The third-order valence-corrected chi connectivity index (χ3v) is 9.38. The van der Waals surface area contributed by atoms with Crippen molar-refractivity contribution in [2.45, 2.75) is 115 Å². The van der Waals surface area contributed by atoms with Crippen LogP contribution in [-0.2, 0) is 12.8 Å². The summed E-state index contributed by atoms with van der Waals surface area (Å²) in [6, 6.07) is 9.81. The highest BCUT2D eigenvalue weighted by molar-refractivity contribution is 7.80. The Morgan fingerprint density at radius 3 is 2.28 bits per heavy atom. The molecule has 6 nitrogen and oxygen atoms in total. The molecular formula is C32H48N6S. The highest BCUT2D eigenvalue weighted by Gasteiger charge is 2.25. The minimum absolute atomic E-state index is 0.405. The maximum Gasteiger partial charge on any atom is 0.225 e. The van der Waals surface area contributed by atoms with Crippen molar-refractivity contribution in [2.24, 2.45) is 5.92 Å².